The van der Waals surface area contributed by atoms with Gasteiger partial charge in [0.25, 0.3) is 0 Å². The van der Waals surface area contributed by atoms with Crippen molar-refractivity contribution in [3.05, 3.63) is 29.8 Å². The molecule has 0 spiro atoms. The number of nitrogens with one attached hydrogen (secondary N) is 1. The molecule has 0 saturated carbocycles. The number of methoxy groups -OCH3 is 1. The normalized spacial score (nSPS) is 27.3. The molecule has 13 heteroatoms. The van der Waals surface area contributed by atoms with E-state index in [2.05, 4.69) is 5.09 Å². The summed E-state index contributed by atoms with van der Waals surface area (Å²) in [6, 6.07) is 5.77. The first kappa shape index (κ1) is 29.6. The minimum atomic E-state index is -3.58. The minimum Gasteiger partial charge on any atom is -0.462 e. The molecule has 35 heavy (non-hydrogen) atoms. The van der Waals surface area contributed by atoms with Gasteiger partial charge in [0.2, 0.25) is 0 Å². The largest absolute Gasteiger partial charge is 0.462 e. The summed E-state index contributed by atoms with van der Waals surface area (Å²) >= 11 is 0. The van der Waals surface area contributed by atoms with E-state index in [1.165, 1.54) is 14.0 Å². The lowest BCUT2D eigenvalue weighted by Crippen LogP contribution is -2.59. The smallest absolute Gasteiger partial charge is 0.342 e. The molecule has 200 valence electrons. The average Bonchev–Trinajstić information content (AvgIpc) is 2.79. The number of hydrogen-bond acceptors (Lipinski definition) is 11. The van der Waals surface area contributed by atoms with Crippen LogP contribution in [0.15, 0.2) is 24.3 Å². The van der Waals surface area contributed by atoms with Crippen LogP contribution in [-0.2, 0) is 34.7 Å². The number of carbonyl (C=O) groups is 1. The first-order chi connectivity index (χ1) is 16.5. The molecule has 1 aromatic rings. The Hall–Kier alpha value is -1.60. The van der Waals surface area contributed by atoms with Gasteiger partial charge >= 0.3 is 13.5 Å². The van der Waals surface area contributed by atoms with Gasteiger partial charge in [0.15, 0.2) is 6.29 Å². The summed E-state index contributed by atoms with van der Waals surface area (Å²) in [5.41, 5.74) is 0.824. The van der Waals surface area contributed by atoms with Crippen LogP contribution in [-0.4, -0.2) is 95.9 Å². The van der Waals surface area contributed by atoms with E-state index in [-0.39, 0.29) is 19.1 Å². The third kappa shape index (κ3) is 8.78. The molecular formula is C22H36NO11P. The maximum Gasteiger partial charge on any atom is 0.342 e. The first-order valence-corrected chi connectivity index (χ1v) is 13.1. The van der Waals surface area contributed by atoms with Crippen LogP contribution >= 0.6 is 7.52 Å². The molecule has 12 nitrogen and oxygen atoms in total. The van der Waals surface area contributed by atoms with Crippen molar-refractivity contribution < 1.29 is 53.3 Å². The molecule has 0 aromatic heterocycles. The van der Waals surface area contributed by atoms with Crippen LogP contribution in [0.4, 0.5) is 0 Å². The van der Waals surface area contributed by atoms with Crippen molar-refractivity contribution in [2.45, 2.75) is 70.0 Å². The first-order valence-electron chi connectivity index (χ1n) is 11.3. The Morgan fingerprint density at radius 2 is 1.77 bits per heavy atom. The topological polar surface area (TPSA) is 173 Å². The second-order valence-electron chi connectivity index (χ2n) is 8.48. The molecule has 7 atom stereocenters. The van der Waals surface area contributed by atoms with Crippen LogP contribution in [0.5, 0.6) is 5.75 Å². The molecule has 0 aliphatic carbocycles. The number of hydrogen-bond donors (Lipinski definition) is 5. The third-order valence-corrected chi connectivity index (χ3v) is 6.98. The standard InChI is InChI=1S/C22H36NO11P/c1-13(2)32-21(28)14(3)23-35(29,12-30-4)34-16-7-5-15(6-8-16)9-10-31-22-20(27)19(26)18(25)17(11-24)33-22/h5-8,13-14,17-20,22,24-27H,9-12H2,1-4H3,(H,23,29)/t14-,17+,18+,19-,20+,22+,35?/m0/s1. The summed E-state index contributed by atoms with van der Waals surface area (Å²) in [7, 11) is -2.21. The van der Waals surface area contributed by atoms with Gasteiger partial charge in [0.1, 0.15) is 42.6 Å². The minimum absolute atomic E-state index is 0.113. The summed E-state index contributed by atoms with van der Waals surface area (Å²) in [6.07, 6.45) is -6.84. The van der Waals surface area contributed by atoms with Crippen LogP contribution in [0.2, 0.25) is 0 Å². The van der Waals surface area contributed by atoms with Gasteiger partial charge in [-0.05, 0) is 44.9 Å². The summed E-state index contributed by atoms with van der Waals surface area (Å²) in [6.45, 7) is 4.53. The number of benzene rings is 1. The fourth-order valence-corrected chi connectivity index (χ4v) is 5.00. The van der Waals surface area contributed by atoms with Crippen LogP contribution in [0.1, 0.15) is 26.3 Å². The molecule has 1 heterocycles. The molecule has 0 amide bonds. The van der Waals surface area contributed by atoms with Crippen molar-refractivity contribution in [2.24, 2.45) is 0 Å². The second-order valence-corrected chi connectivity index (χ2v) is 10.5. The lowest BCUT2D eigenvalue weighted by molar-refractivity contribution is -0.300. The number of ether oxygens (including phenoxy) is 4. The van der Waals surface area contributed by atoms with Gasteiger partial charge in [0.05, 0.1) is 19.3 Å². The van der Waals surface area contributed by atoms with Crippen molar-refractivity contribution in [3.8, 4) is 5.75 Å². The Morgan fingerprint density at radius 1 is 1.11 bits per heavy atom. The Balaban J connectivity index is 1.91. The molecular weight excluding hydrogens is 485 g/mol. The molecule has 1 aromatic carbocycles. The Morgan fingerprint density at radius 3 is 2.34 bits per heavy atom. The number of esters is 1. The van der Waals surface area contributed by atoms with E-state index in [0.717, 1.165) is 5.56 Å². The number of carbonyl (C=O) groups excluding carboxylic acids is 1. The van der Waals surface area contributed by atoms with E-state index >= 15 is 0 Å². The lowest BCUT2D eigenvalue weighted by Gasteiger charge is -2.39. The molecule has 2 rings (SSSR count). The zero-order valence-electron chi connectivity index (χ0n) is 20.3. The highest BCUT2D eigenvalue weighted by atomic mass is 31.2. The fourth-order valence-electron chi connectivity index (χ4n) is 3.33. The van der Waals surface area contributed by atoms with Crippen molar-refractivity contribution in [1.82, 2.24) is 5.09 Å². The molecule has 1 fully saturated rings. The van der Waals surface area contributed by atoms with Gasteiger partial charge in [0, 0.05) is 7.11 Å². The monoisotopic (exact) mass is 521 g/mol. The Kier molecular flexibility index (Phi) is 11.5. The predicted molar refractivity (Wildman–Crippen MR) is 124 cm³/mol. The quantitative estimate of drug-likeness (QED) is 0.176. The van der Waals surface area contributed by atoms with E-state index in [9.17, 15) is 29.8 Å². The SMILES string of the molecule is COCP(=O)(N[C@@H](C)C(=O)OC(C)C)Oc1ccc(CCO[C@@H]2O[C@H](CO)[C@@H](O)[C@H](O)[C@H]2O)cc1. The van der Waals surface area contributed by atoms with Crippen LogP contribution < -0.4 is 9.61 Å². The second kappa shape index (κ2) is 13.6. The van der Waals surface area contributed by atoms with E-state index < -0.39 is 56.8 Å². The third-order valence-electron chi connectivity index (χ3n) is 5.09. The fraction of sp³-hybridized carbons (Fsp3) is 0.682. The van der Waals surface area contributed by atoms with Crippen molar-refractivity contribution in [3.63, 3.8) is 0 Å². The highest BCUT2D eigenvalue weighted by molar-refractivity contribution is 7.57. The number of aliphatic hydroxyl groups is 4. The van der Waals surface area contributed by atoms with Crippen molar-refractivity contribution in [2.75, 3.05) is 26.7 Å². The molecule has 0 bridgehead atoms. The zero-order valence-corrected chi connectivity index (χ0v) is 21.2. The molecule has 1 aliphatic heterocycles. The molecule has 1 unspecified atom stereocenters. The van der Waals surface area contributed by atoms with Gasteiger partial charge in [-0.1, -0.05) is 12.1 Å². The van der Waals surface area contributed by atoms with E-state index in [1.807, 2.05) is 0 Å². The average molecular weight is 522 g/mol. The Bertz CT molecular complexity index is 835. The summed E-state index contributed by atoms with van der Waals surface area (Å²) in [4.78, 5) is 12.1. The van der Waals surface area contributed by atoms with Crippen molar-refractivity contribution in [1.29, 1.82) is 0 Å². The molecule has 1 saturated heterocycles. The lowest BCUT2D eigenvalue weighted by atomic mass is 9.99. The van der Waals surface area contributed by atoms with Crippen LogP contribution in [0.3, 0.4) is 0 Å². The molecule has 5 N–H and O–H groups in total. The van der Waals surface area contributed by atoms with Gasteiger partial charge in [-0.25, -0.2) is 5.09 Å². The van der Waals surface area contributed by atoms with Crippen molar-refractivity contribution >= 4 is 13.5 Å². The van der Waals surface area contributed by atoms with Crippen LogP contribution in [0, 0.1) is 0 Å². The zero-order chi connectivity index (χ0) is 26.2. The van der Waals surface area contributed by atoms with Gasteiger partial charge in [-0.2, -0.15) is 0 Å². The summed E-state index contributed by atoms with van der Waals surface area (Å²) < 4.78 is 39.7. The van der Waals surface area contributed by atoms with Crippen LogP contribution in [0.25, 0.3) is 0 Å². The summed E-state index contributed by atoms with van der Waals surface area (Å²) in [5, 5.41) is 41.6. The molecule has 0 radical (unpaired) electrons. The van der Waals surface area contributed by atoms with E-state index in [0.29, 0.717) is 12.2 Å². The Labute approximate surface area is 204 Å². The van der Waals surface area contributed by atoms with Gasteiger partial charge in [-0.15, -0.1) is 0 Å². The van der Waals surface area contributed by atoms with E-state index in [1.54, 1.807) is 38.1 Å². The van der Waals surface area contributed by atoms with Gasteiger partial charge in [-0.3, -0.25) is 9.36 Å². The highest BCUT2D eigenvalue weighted by Crippen LogP contribution is 2.43. The molecule has 1 aliphatic rings. The number of aliphatic hydroxyl groups excluding tert-OH is 4. The summed E-state index contributed by atoms with van der Waals surface area (Å²) in [5.74, 6) is -0.268. The predicted octanol–water partition coefficient (Wildman–Crippen LogP) is 0.151. The van der Waals surface area contributed by atoms with Gasteiger partial charge < -0.3 is 43.9 Å². The van der Waals surface area contributed by atoms with E-state index in [4.69, 9.17) is 23.5 Å². The highest BCUT2D eigenvalue weighted by Gasteiger charge is 2.43. The number of rotatable bonds is 13. The maximum atomic E-state index is 13.2. The maximum absolute atomic E-state index is 13.2.